The summed E-state index contributed by atoms with van der Waals surface area (Å²) in [5.74, 6) is 1.61. The summed E-state index contributed by atoms with van der Waals surface area (Å²) in [5.41, 5.74) is 8.50. The molecule has 6 rings (SSSR count). The number of carbonyl (C=O) groups excluding carboxylic acids is 1. The van der Waals surface area contributed by atoms with E-state index in [0.717, 1.165) is 50.0 Å². The number of aromatic nitrogens is 2. The summed E-state index contributed by atoms with van der Waals surface area (Å²) in [6, 6.07) is 22.1. The van der Waals surface area contributed by atoms with Crippen molar-refractivity contribution in [2.45, 2.75) is 60.3 Å². The average molecular weight is 752 g/mol. The summed E-state index contributed by atoms with van der Waals surface area (Å²) in [6.45, 7) is 13.7. The molecule has 0 fully saturated rings. The van der Waals surface area contributed by atoms with Crippen LogP contribution < -0.4 is 0 Å². The summed E-state index contributed by atoms with van der Waals surface area (Å²) in [7, 11) is 0. The molecule has 1 radical (unpaired) electrons. The van der Waals surface area contributed by atoms with Crippen LogP contribution in [0.25, 0.3) is 55.6 Å². The molecule has 6 nitrogen and oxygen atoms in total. The van der Waals surface area contributed by atoms with Crippen LogP contribution >= 0.6 is 0 Å². The summed E-state index contributed by atoms with van der Waals surface area (Å²) in [5, 5.41) is 11.4. The summed E-state index contributed by atoms with van der Waals surface area (Å²) in [6.07, 6.45) is 2.97. The van der Waals surface area contributed by atoms with Crippen LogP contribution in [0.2, 0.25) is 0 Å². The van der Waals surface area contributed by atoms with Crippen molar-refractivity contribution < 1.29 is 38.8 Å². The van der Waals surface area contributed by atoms with Crippen LogP contribution in [0.5, 0.6) is 0 Å². The molecule has 43 heavy (non-hydrogen) atoms. The Kier molecular flexibility index (Phi) is 9.68. The molecular formula is C36H35IrN2O4-. The molecule has 0 saturated heterocycles. The fraction of sp³-hybridized carbons (Fsp3) is 0.250. The second-order valence-corrected chi connectivity index (χ2v) is 11.2. The standard InChI is InChI=1S/C31H27N2O2.C5H8O2.Ir/c1-17(2)21-8-6-9-22(18(3)4)29(21)27-15-20-14-26(32-16-28(20)34-27)25-11-7-10-23-24-13-12-19(5)33-31(24)35-30(23)25;1-4(6)3-5(2)7;/h6-10,12-18H,1-5H3;3,6H,1-2H3;/q-1;;/b;4-3-;. The van der Waals surface area contributed by atoms with Crippen LogP contribution in [0, 0.1) is 13.0 Å². The topological polar surface area (TPSA) is 89.4 Å². The van der Waals surface area contributed by atoms with Crippen molar-refractivity contribution in [2.75, 3.05) is 0 Å². The SMILES string of the molecule is CC(=O)/C=C(/C)O.Cc1ccc2c(n1)oc1c(-c3cc4cc(-c5c(C(C)C)cccc5C(C)C)oc4cn3)[c-]ccc12.[Ir]. The first kappa shape index (κ1) is 31.9. The normalized spacial score (nSPS) is 11.7. The fourth-order valence-corrected chi connectivity index (χ4v) is 5.24. The van der Waals surface area contributed by atoms with Gasteiger partial charge in [-0.3, -0.25) is 4.79 Å². The third kappa shape index (κ3) is 6.64. The smallest absolute Gasteiger partial charge is 0.216 e. The van der Waals surface area contributed by atoms with Crippen LogP contribution in [0.4, 0.5) is 0 Å². The number of benzene rings is 2. The first-order chi connectivity index (χ1) is 20.0. The number of ketones is 1. The molecule has 0 aliphatic heterocycles. The quantitative estimate of drug-likeness (QED) is 0.107. The van der Waals surface area contributed by atoms with Crippen LogP contribution in [-0.2, 0) is 24.9 Å². The molecule has 6 aromatic rings. The Bertz CT molecular complexity index is 1930. The minimum absolute atomic E-state index is 0. The van der Waals surface area contributed by atoms with E-state index in [0.29, 0.717) is 17.5 Å². The van der Waals surface area contributed by atoms with Gasteiger partial charge < -0.3 is 18.9 Å². The van der Waals surface area contributed by atoms with E-state index in [1.807, 2.05) is 25.1 Å². The van der Waals surface area contributed by atoms with E-state index < -0.39 is 0 Å². The third-order valence-corrected chi connectivity index (χ3v) is 7.13. The molecule has 2 aromatic carbocycles. The van der Waals surface area contributed by atoms with E-state index in [1.165, 1.54) is 36.6 Å². The second kappa shape index (κ2) is 13.1. The van der Waals surface area contributed by atoms with Gasteiger partial charge in [0.05, 0.1) is 17.5 Å². The van der Waals surface area contributed by atoms with Gasteiger partial charge in [0, 0.05) is 48.2 Å². The van der Waals surface area contributed by atoms with Crippen LogP contribution in [0.15, 0.2) is 81.5 Å². The van der Waals surface area contributed by atoms with Crippen molar-refractivity contribution in [3.05, 3.63) is 95.5 Å². The number of nitrogens with zero attached hydrogens (tertiary/aromatic N) is 2. The Hall–Kier alpha value is -4.06. The Morgan fingerprint density at radius 2 is 1.65 bits per heavy atom. The van der Waals surface area contributed by atoms with Crippen molar-refractivity contribution in [3.63, 3.8) is 0 Å². The van der Waals surface area contributed by atoms with Crippen molar-refractivity contribution in [2.24, 2.45) is 0 Å². The maximum atomic E-state index is 10.0. The van der Waals surface area contributed by atoms with Crippen molar-refractivity contribution in [1.29, 1.82) is 0 Å². The predicted octanol–water partition coefficient (Wildman–Crippen LogP) is 9.85. The number of rotatable bonds is 5. The predicted molar refractivity (Wildman–Crippen MR) is 169 cm³/mol. The number of aryl methyl sites for hydroxylation is 1. The molecule has 0 aliphatic carbocycles. The third-order valence-electron chi connectivity index (χ3n) is 7.13. The van der Waals surface area contributed by atoms with Gasteiger partial charge in [-0.05, 0) is 67.6 Å². The summed E-state index contributed by atoms with van der Waals surface area (Å²) in [4.78, 5) is 19.3. The van der Waals surface area contributed by atoms with Crippen LogP contribution in [-0.4, -0.2) is 20.9 Å². The van der Waals surface area contributed by atoms with E-state index in [-0.39, 0.29) is 31.6 Å². The first-order valence-electron chi connectivity index (χ1n) is 14.1. The van der Waals surface area contributed by atoms with Crippen LogP contribution in [0.1, 0.15) is 70.2 Å². The van der Waals surface area contributed by atoms with Gasteiger partial charge in [-0.1, -0.05) is 62.9 Å². The average Bonchev–Trinajstić information content (AvgIpc) is 3.52. The van der Waals surface area contributed by atoms with Gasteiger partial charge in [0.15, 0.2) is 11.4 Å². The number of aliphatic hydroxyl groups is 1. The summed E-state index contributed by atoms with van der Waals surface area (Å²) < 4.78 is 12.6. The number of carbonyl (C=O) groups is 1. The summed E-state index contributed by atoms with van der Waals surface area (Å²) >= 11 is 0. The van der Waals surface area contributed by atoms with Crippen molar-refractivity contribution >= 4 is 38.8 Å². The molecule has 4 aromatic heterocycles. The van der Waals surface area contributed by atoms with Gasteiger partial charge in [-0.15, -0.1) is 18.2 Å². The molecule has 4 heterocycles. The number of furan rings is 2. The monoisotopic (exact) mass is 752 g/mol. The Morgan fingerprint density at radius 1 is 0.953 bits per heavy atom. The number of hydrogen-bond donors (Lipinski definition) is 1. The molecule has 0 atom stereocenters. The molecular weight excluding hydrogens is 717 g/mol. The van der Waals surface area contributed by atoms with Crippen molar-refractivity contribution in [3.8, 4) is 22.6 Å². The zero-order valence-electron chi connectivity index (χ0n) is 25.4. The Morgan fingerprint density at radius 3 is 2.26 bits per heavy atom. The number of allylic oxidation sites excluding steroid dienone is 2. The molecule has 1 N–H and O–H groups in total. The number of fused-ring (bicyclic) bond motifs is 4. The Labute approximate surface area is 265 Å². The van der Waals surface area contributed by atoms with Gasteiger partial charge >= 0.3 is 0 Å². The molecule has 223 valence electrons. The van der Waals surface area contributed by atoms with Gasteiger partial charge in [0.1, 0.15) is 5.76 Å². The van der Waals surface area contributed by atoms with E-state index >= 15 is 0 Å². The van der Waals surface area contributed by atoms with E-state index in [1.54, 1.807) is 6.20 Å². The molecule has 0 saturated carbocycles. The van der Waals surface area contributed by atoms with Crippen molar-refractivity contribution in [1.82, 2.24) is 9.97 Å². The zero-order valence-corrected chi connectivity index (χ0v) is 27.8. The maximum absolute atomic E-state index is 10.0. The van der Waals surface area contributed by atoms with E-state index in [4.69, 9.17) is 18.9 Å². The van der Waals surface area contributed by atoms with Gasteiger partial charge in [0.25, 0.3) is 0 Å². The minimum Gasteiger partial charge on any atom is -0.512 e. The molecule has 0 bridgehead atoms. The van der Waals surface area contributed by atoms with Gasteiger partial charge in [-0.25, -0.2) is 4.98 Å². The molecule has 0 aliphatic rings. The minimum atomic E-state index is -0.125. The number of hydrogen-bond acceptors (Lipinski definition) is 6. The zero-order chi connectivity index (χ0) is 30.1. The number of aliphatic hydroxyl groups excluding tert-OH is 1. The second-order valence-electron chi connectivity index (χ2n) is 11.2. The van der Waals surface area contributed by atoms with Gasteiger partial charge in [0.2, 0.25) is 5.71 Å². The maximum Gasteiger partial charge on any atom is 0.216 e. The first-order valence-corrected chi connectivity index (χ1v) is 14.1. The van der Waals surface area contributed by atoms with Crippen LogP contribution in [0.3, 0.4) is 0 Å². The van der Waals surface area contributed by atoms with E-state index in [2.05, 4.69) is 75.1 Å². The molecule has 7 heteroatoms. The Balaban J connectivity index is 0.000000475. The largest absolute Gasteiger partial charge is 0.512 e. The molecule has 0 unspecified atom stereocenters. The molecule has 0 spiro atoms. The fourth-order valence-electron chi connectivity index (χ4n) is 5.24. The number of pyridine rings is 2. The van der Waals surface area contributed by atoms with Gasteiger partial charge in [-0.2, -0.15) is 0 Å². The molecule has 0 amide bonds. The van der Waals surface area contributed by atoms with E-state index in [9.17, 15) is 4.79 Å².